The highest BCUT2D eigenvalue weighted by Crippen LogP contribution is 1.90. The quantitative estimate of drug-likeness (QED) is 0.675. The van der Waals surface area contributed by atoms with E-state index in [4.69, 9.17) is 5.11 Å². The molecule has 2 N–H and O–H groups in total. The molecule has 1 atom stereocenters. The lowest BCUT2D eigenvalue weighted by Crippen LogP contribution is -2.46. The highest BCUT2D eigenvalue weighted by atomic mass is 16.4. The Hall–Kier alpha value is -1.26. The van der Waals surface area contributed by atoms with Crippen LogP contribution in [0.1, 0.15) is 20.8 Å². The molecule has 76 valence electrons. The first kappa shape index (κ1) is 11.7. The van der Waals surface area contributed by atoms with Crippen molar-refractivity contribution >= 4 is 12.0 Å². The molecule has 5 heteroatoms. The molecule has 0 bridgehead atoms. The summed E-state index contributed by atoms with van der Waals surface area (Å²) < 4.78 is 0. The second kappa shape index (κ2) is 5.40. The highest BCUT2D eigenvalue weighted by molar-refractivity contribution is 5.82. The predicted molar refractivity (Wildman–Crippen MR) is 48.6 cm³/mol. The van der Waals surface area contributed by atoms with Gasteiger partial charge in [0, 0.05) is 13.1 Å². The fourth-order valence-corrected chi connectivity index (χ4v) is 0.849. The molecule has 1 unspecified atom stereocenters. The molecule has 0 spiro atoms. The maximum absolute atomic E-state index is 11.3. The Morgan fingerprint density at radius 3 is 2.15 bits per heavy atom. The van der Waals surface area contributed by atoms with Crippen LogP contribution in [0.25, 0.3) is 0 Å². The molecule has 0 rings (SSSR count). The SMILES string of the molecule is CCN(CC)C(=O)NC(C)C(=O)O. The largest absolute Gasteiger partial charge is 0.480 e. The maximum atomic E-state index is 11.3. The zero-order chi connectivity index (χ0) is 10.4. The summed E-state index contributed by atoms with van der Waals surface area (Å²) >= 11 is 0. The molecule has 0 aromatic heterocycles. The summed E-state index contributed by atoms with van der Waals surface area (Å²) in [5.41, 5.74) is 0. The number of hydrogen-bond donors (Lipinski definition) is 2. The zero-order valence-corrected chi connectivity index (χ0v) is 8.20. The van der Waals surface area contributed by atoms with Gasteiger partial charge in [0.1, 0.15) is 6.04 Å². The molecular formula is C8H16N2O3. The van der Waals surface area contributed by atoms with Crippen LogP contribution in [-0.4, -0.2) is 41.1 Å². The molecule has 0 saturated carbocycles. The van der Waals surface area contributed by atoms with E-state index >= 15 is 0 Å². The minimum Gasteiger partial charge on any atom is -0.480 e. The molecule has 0 aromatic carbocycles. The summed E-state index contributed by atoms with van der Waals surface area (Å²) in [6.45, 7) is 6.27. The predicted octanol–water partition coefficient (Wildman–Crippen LogP) is 0.511. The van der Waals surface area contributed by atoms with Gasteiger partial charge in [0.2, 0.25) is 0 Å². The van der Waals surface area contributed by atoms with E-state index in [0.29, 0.717) is 13.1 Å². The smallest absolute Gasteiger partial charge is 0.325 e. The third kappa shape index (κ3) is 3.78. The number of carbonyl (C=O) groups is 2. The molecule has 0 heterocycles. The Morgan fingerprint density at radius 2 is 1.85 bits per heavy atom. The Kier molecular flexibility index (Phi) is 4.87. The van der Waals surface area contributed by atoms with Crippen molar-refractivity contribution in [3.8, 4) is 0 Å². The van der Waals surface area contributed by atoms with Crippen LogP contribution >= 0.6 is 0 Å². The molecule has 0 aliphatic carbocycles. The summed E-state index contributed by atoms with van der Waals surface area (Å²) in [7, 11) is 0. The van der Waals surface area contributed by atoms with Gasteiger partial charge in [-0.1, -0.05) is 0 Å². The number of urea groups is 1. The van der Waals surface area contributed by atoms with Crippen molar-refractivity contribution in [2.24, 2.45) is 0 Å². The van der Waals surface area contributed by atoms with Gasteiger partial charge < -0.3 is 15.3 Å². The van der Waals surface area contributed by atoms with Gasteiger partial charge in [0.05, 0.1) is 0 Å². The number of amides is 2. The fraction of sp³-hybridized carbons (Fsp3) is 0.750. The Labute approximate surface area is 77.7 Å². The highest BCUT2D eigenvalue weighted by Gasteiger charge is 2.16. The van der Waals surface area contributed by atoms with Crippen LogP contribution in [0.15, 0.2) is 0 Å². The summed E-state index contributed by atoms with van der Waals surface area (Å²) in [6.07, 6.45) is 0. The van der Waals surface area contributed by atoms with Gasteiger partial charge in [-0.25, -0.2) is 4.79 Å². The first-order chi connectivity index (χ1) is 6.02. The number of hydrogen-bond acceptors (Lipinski definition) is 2. The molecule has 0 aliphatic heterocycles. The molecule has 2 amide bonds. The minimum atomic E-state index is -1.03. The number of rotatable bonds is 4. The van der Waals surface area contributed by atoms with Crippen molar-refractivity contribution in [3.05, 3.63) is 0 Å². The number of carbonyl (C=O) groups excluding carboxylic acids is 1. The van der Waals surface area contributed by atoms with Crippen molar-refractivity contribution < 1.29 is 14.7 Å². The zero-order valence-electron chi connectivity index (χ0n) is 8.20. The van der Waals surface area contributed by atoms with Crippen LogP contribution in [0.3, 0.4) is 0 Å². The third-order valence-corrected chi connectivity index (χ3v) is 1.76. The Bertz CT molecular complexity index is 190. The second-order valence-electron chi connectivity index (χ2n) is 2.68. The van der Waals surface area contributed by atoms with Gasteiger partial charge in [0.15, 0.2) is 0 Å². The van der Waals surface area contributed by atoms with Crippen molar-refractivity contribution in [2.75, 3.05) is 13.1 Å². The standard InChI is InChI=1S/C8H16N2O3/c1-4-10(5-2)8(13)9-6(3)7(11)12/h6H,4-5H2,1-3H3,(H,9,13)(H,11,12). The van der Waals surface area contributed by atoms with Crippen LogP contribution < -0.4 is 5.32 Å². The lowest BCUT2D eigenvalue weighted by Gasteiger charge is -2.20. The lowest BCUT2D eigenvalue weighted by atomic mass is 10.3. The van der Waals surface area contributed by atoms with Gasteiger partial charge in [-0.05, 0) is 20.8 Å². The first-order valence-electron chi connectivity index (χ1n) is 4.31. The summed E-state index contributed by atoms with van der Waals surface area (Å²) in [6, 6.07) is -1.17. The monoisotopic (exact) mass is 188 g/mol. The second-order valence-corrected chi connectivity index (χ2v) is 2.68. The first-order valence-corrected chi connectivity index (χ1v) is 4.31. The average Bonchev–Trinajstić information content (AvgIpc) is 2.06. The van der Waals surface area contributed by atoms with E-state index in [2.05, 4.69) is 5.32 Å². The van der Waals surface area contributed by atoms with Crippen molar-refractivity contribution in [3.63, 3.8) is 0 Å². The summed E-state index contributed by atoms with van der Waals surface area (Å²) in [5, 5.41) is 10.9. The molecule has 0 fully saturated rings. The van der Waals surface area contributed by atoms with E-state index in [1.807, 2.05) is 13.8 Å². The van der Waals surface area contributed by atoms with Crippen LogP contribution in [0.2, 0.25) is 0 Å². The summed E-state index contributed by atoms with van der Waals surface area (Å²) in [5.74, 6) is -1.03. The van der Waals surface area contributed by atoms with E-state index in [1.54, 1.807) is 0 Å². The van der Waals surface area contributed by atoms with E-state index in [9.17, 15) is 9.59 Å². The van der Waals surface area contributed by atoms with E-state index in [-0.39, 0.29) is 6.03 Å². The number of carboxylic acid groups (broad SMARTS) is 1. The number of nitrogens with one attached hydrogen (secondary N) is 1. The topological polar surface area (TPSA) is 69.6 Å². The third-order valence-electron chi connectivity index (χ3n) is 1.76. The van der Waals surface area contributed by atoms with Crippen molar-refractivity contribution in [1.82, 2.24) is 10.2 Å². The van der Waals surface area contributed by atoms with Gasteiger partial charge in [-0.3, -0.25) is 4.79 Å². The normalized spacial score (nSPS) is 11.9. The number of nitrogens with zero attached hydrogens (tertiary/aromatic N) is 1. The Morgan fingerprint density at radius 1 is 1.38 bits per heavy atom. The van der Waals surface area contributed by atoms with E-state index in [1.165, 1.54) is 11.8 Å². The Balaban J connectivity index is 4.05. The van der Waals surface area contributed by atoms with Gasteiger partial charge in [-0.15, -0.1) is 0 Å². The maximum Gasteiger partial charge on any atom is 0.325 e. The number of aliphatic carboxylic acids is 1. The summed E-state index contributed by atoms with van der Waals surface area (Å²) in [4.78, 5) is 23.2. The van der Waals surface area contributed by atoms with Gasteiger partial charge >= 0.3 is 12.0 Å². The molecular weight excluding hydrogens is 172 g/mol. The van der Waals surface area contributed by atoms with Gasteiger partial charge in [0.25, 0.3) is 0 Å². The number of carboxylic acids is 1. The average molecular weight is 188 g/mol. The van der Waals surface area contributed by atoms with Crippen LogP contribution in [0.5, 0.6) is 0 Å². The molecule has 13 heavy (non-hydrogen) atoms. The van der Waals surface area contributed by atoms with E-state index in [0.717, 1.165) is 0 Å². The van der Waals surface area contributed by atoms with Crippen molar-refractivity contribution in [2.45, 2.75) is 26.8 Å². The molecule has 0 aromatic rings. The lowest BCUT2D eigenvalue weighted by molar-refractivity contribution is -0.138. The molecule has 5 nitrogen and oxygen atoms in total. The van der Waals surface area contributed by atoms with Gasteiger partial charge in [-0.2, -0.15) is 0 Å². The van der Waals surface area contributed by atoms with Crippen LogP contribution in [0.4, 0.5) is 4.79 Å². The minimum absolute atomic E-state index is 0.333. The fourth-order valence-electron chi connectivity index (χ4n) is 0.849. The molecule has 0 saturated heterocycles. The molecule has 0 aliphatic rings. The van der Waals surface area contributed by atoms with Crippen molar-refractivity contribution in [1.29, 1.82) is 0 Å². The van der Waals surface area contributed by atoms with Crippen LogP contribution in [0, 0.1) is 0 Å². The molecule has 0 radical (unpaired) electrons. The van der Waals surface area contributed by atoms with E-state index < -0.39 is 12.0 Å². The van der Waals surface area contributed by atoms with Crippen LogP contribution in [-0.2, 0) is 4.79 Å².